The van der Waals surface area contributed by atoms with Gasteiger partial charge in [0.15, 0.2) is 5.11 Å². The summed E-state index contributed by atoms with van der Waals surface area (Å²) in [5.41, 5.74) is 3.15. The van der Waals surface area contributed by atoms with Crippen molar-refractivity contribution >= 4 is 50.1 Å². The number of nitrogens with one attached hydrogen (secondary N) is 2. The van der Waals surface area contributed by atoms with Crippen molar-refractivity contribution in [2.75, 3.05) is 23.0 Å². The average molecular weight is 475 g/mol. The van der Waals surface area contributed by atoms with Crippen molar-refractivity contribution in [1.82, 2.24) is 10.3 Å². The van der Waals surface area contributed by atoms with Crippen molar-refractivity contribution in [3.8, 4) is 5.75 Å². The lowest BCUT2D eigenvalue weighted by Gasteiger charge is -2.28. The van der Waals surface area contributed by atoms with Gasteiger partial charge in [-0.2, -0.15) is 0 Å². The second-order valence-electron chi connectivity index (χ2n) is 7.22. The van der Waals surface area contributed by atoms with Crippen LogP contribution in [0.5, 0.6) is 5.75 Å². The zero-order valence-corrected chi connectivity index (χ0v) is 19.6. The van der Waals surface area contributed by atoms with E-state index in [4.69, 9.17) is 17.0 Å². The number of aromatic nitrogens is 1. The summed E-state index contributed by atoms with van der Waals surface area (Å²) >= 11 is 7.39. The number of ether oxygens (including phenoxy) is 1. The molecular formula is C21H22N4O3S3. The van der Waals surface area contributed by atoms with Gasteiger partial charge in [-0.3, -0.25) is 9.71 Å². The monoisotopic (exact) mass is 474 g/mol. The van der Waals surface area contributed by atoms with Crippen molar-refractivity contribution in [3.05, 3.63) is 70.2 Å². The summed E-state index contributed by atoms with van der Waals surface area (Å²) in [4.78, 5) is 7.73. The van der Waals surface area contributed by atoms with Crippen LogP contribution in [0.15, 0.2) is 54.0 Å². The van der Waals surface area contributed by atoms with Crippen LogP contribution in [0.25, 0.3) is 0 Å². The zero-order chi connectivity index (χ0) is 22.2. The van der Waals surface area contributed by atoms with Crippen LogP contribution in [-0.4, -0.2) is 31.9 Å². The summed E-state index contributed by atoms with van der Waals surface area (Å²) in [6.45, 7) is 2.07. The average Bonchev–Trinajstić information content (AvgIpc) is 3.29. The highest BCUT2D eigenvalue weighted by atomic mass is 32.2. The molecule has 0 aliphatic carbocycles. The third-order valence-electron chi connectivity index (χ3n) is 5.03. The number of pyridine rings is 1. The molecule has 1 aliphatic heterocycles. The van der Waals surface area contributed by atoms with Crippen molar-refractivity contribution in [2.24, 2.45) is 0 Å². The molecule has 0 bridgehead atoms. The number of methoxy groups -OCH3 is 1. The number of anilines is 2. The molecular weight excluding hydrogens is 452 g/mol. The van der Waals surface area contributed by atoms with Crippen molar-refractivity contribution in [3.63, 3.8) is 0 Å². The van der Waals surface area contributed by atoms with Gasteiger partial charge in [0.1, 0.15) is 5.75 Å². The van der Waals surface area contributed by atoms with E-state index in [-0.39, 0.29) is 12.1 Å². The Kier molecular flexibility index (Phi) is 5.87. The SMILES string of the molecule is COc1ccc(N2C(=S)N[C@@H](c3ccccn3)[C@H]2c2sccc2C)cc1NS(C)(=O)=O. The molecule has 1 aromatic carbocycles. The Balaban J connectivity index is 1.83. The summed E-state index contributed by atoms with van der Waals surface area (Å²) in [7, 11) is -1.99. The van der Waals surface area contributed by atoms with E-state index >= 15 is 0 Å². The van der Waals surface area contributed by atoms with Gasteiger partial charge in [-0.05, 0) is 66.5 Å². The third-order valence-corrected chi connectivity index (χ3v) is 7.02. The van der Waals surface area contributed by atoms with Crippen LogP contribution in [0.1, 0.15) is 28.2 Å². The fraction of sp³-hybridized carbons (Fsp3) is 0.238. The fourth-order valence-corrected chi connectivity index (χ4v) is 5.67. The molecule has 4 rings (SSSR count). The lowest BCUT2D eigenvalue weighted by Crippen LogP contribution is -2.29. The molecule has 10 heteroatoms. The maximum Gasteiger partial charge on any atom is 0.229 e. The topological polar surface area (TPSA) is 83.6 Å². The second-order valence-corrected chi connectivity index (χ2v) is 10.3. The van der Waals surface area contributed by atoms with Crippen LogP contribution in [0.2, 0.25) is 0 Å². The van der Waals surface area contributed by atoms with Crippen molar-refractivity contribution in [1.29, 1.82) is 0 Å². The standard InChI is InChI=1S/C21H22N4O3S3/c1-13-9-11-30-20(13)19-18(15-6-4-5-10-22-15)23-21(29)25(19)14-7-8-17(28-2)16(12-14)24-31(3,26)27/h4-12,18-19,24H,1-3H3,(H,23,29)/t18-,19-/m0/s1. The van der Waals surface area contributed by atoms with Gasteiger partial charge in [0.05, 0.1) is 36.8 Å². The minimum Gasteiger partial charge on any atom is -0.495 e. The Morgan fingerprint density at radius 2 is 2.06 bits per heavy atom. The highest BCUT2D eigenvalue weighted by Crippen LogP contribution is 2.45. The van der Waals surface area contributed by atoms with Gasteiger partial charge in [0.25, 0.3) is 0 Å². The molecule has 3 heterocycles. The minimum absolute atomic E-state index is 0.137. The van der Waals surface area contributed by atoms with Crippen molar-refractivity contribution < 1.29 is 13.2 Å². The van der Waals surface area contributed by atoms with Crippen LogP contribution < -0.4 is 19.7 Å². The van der Waals surface area contributed by atoms with Crippen LogP contribution >= 0.6 is 23.6 Å². The summed E-state index contributed by atoms with van der Waals surface area (Å²) in [5, 5.41) is 6.02. The van der Waals surface area contributed by atoms with E-state index < -0.39 is 10.0 Å². The van der Waals surface area contributed by atoms with E-state index in [0.717, 1.165) is 28.1 Å². The molecule has 0 spiro atoms. The number of thiophene rings is 1. The van der Waals surface area contributed by atoms with Gasteiger partial charge in [-0.1, -0.05) is 6.07 Å². The van der Waals surface area contributed by atoms with Crippen LogP contribution in [0.4, 0.5) is 11.4 Å². The molecule has 3 aromatic rings. The smallest absolute Gasteiger partial charge is 0.229 e. The summed E-state index contributed by atoms with van der Waals surface area (Å²) in [6, 6.07) is 13.0. The summed E-state index contributed by atoms with van der Waals surface area (Å²) in [6.07, 6.45) is 2.87. The Bertz CT molecular complexity index is 1210. The number of thiocarbonyl (C=S) groups is 1. The van der Waals surface area contributed by atoms with Gasteiger partial charge in [0.2, 0.25) is 10.0 Å². The highest BCUT2D eigenvalue weighted by Gasteiger charge is 2.42. The summed E-state index contributed by atoms with van der Waals surface area (Å²) < 4.78 is 31.6. The molecule has 2 N–H and O–H groups in total. The van der Waals surface area contributed by atoms with Crippen molar-refractivity contribution in [2.45, 2.75) is 19.0 Å². The molecule has 0 amide bonds. The molecule has 1 saturated heterocycles. The van der Waals surface area contributed by atoms with Gasteiger partial charge < -0.3 is 15.0 Å². The predicted octanol–water partition coefficient (Wildman–Crippen LogP) is 4.01. The molecule has 0 radical (unpaired) electrons. The number of nitrogens with zero attached hydrogens (tertiary/aromatic N) is 2. The molecule has 0 saturated carbocycles. The number of hydrogen-bond acceptors (Lipinski definition) is 6. The normalized spacial score (nSPS) is 18.7. The molecule has 7 nitrogen and oxygen atoms in total. The van der Waals surface area contributed by atoms with Gasteiger partial charge in [0, 0.05) is 16.8 Å². The van der Waals surface area contributed by atoms with E-state index in [1.54, 1.807) is 29.7 Å². The Morgan fingerprint density at radius 1 is 1.26 bits per heavy atom. The largest absolute Gasteiger partial charge is 0.495 e. The van der Waals surface area contributed by atoms with Crippen LogP contribution in [-0.2, 0) is 10.0 Å². The maximum atomic E-state index is 11.9. The molecule has 0 unspecified atom stereocenters. The van der Waals surface area contributed by atoms with E-state index in [1.807, 2.05) is 29.2 Å². The zero-order valence-electron chi connectivity index (χ0n) is 17.2. The first kappa shape index (κ1) is 21.5. The van der Waals surface area contributed by atoms with E-state index in [2.05, 4.69) is 33.4 Å². The first-order valence-corrected chi connectivity index (χ1v) is 12.7. The molecule has 1 aliphatic rings. The Labute approximate surface area is 191 Å². The molecule has 31 heavy (non-hydrogen) atoms. The van der Waals surface area contributed by atoms with E-state index in [9.17, 15) is 8.42 Å². The number of sulfonamides is 1. The number of aryl methyl sites for hydroxylation is 1. The highest BCUT2D eigenvalue weighted by molar-refractivity contribution is 7.92. The lowest BCUT2D eigenvalue weighted by molar-refractivity contribution is 0.417. The minimum atomic E-state index is -3.49. The van der Waals surface area contributed by atoms with E-state index in [0.29, 0.717) is 16.5 Å². The Hall–Kier alpha value is -2.69. The quantitative estimate of drug-likeness (QED) is 0.522. The van der Waals surface area contributed by atoms with Gasteiger partial charge in [-0.25, -0.2) is 8.42 Å². The number of benzene rings is 1. The molecule has 2 atom stereocenters. The van der Waals surface area contributed by atoms with E-state index in [1.165, 1.54) is 7.11 Å². The first-order chi connectivity index (χ1) is 14.8. The van der Waals surface area contributed by atoms with Gasteiger partial charge in [-0.15, -0.1) is 11.3 Å². The molecule has 162 valence electrons. The van der Waals surface area contributed by atoms with Gasteiger partial charge >= 0.3 is 0 Å². The van der Waals surface area contributed by atoms with Crippen LogP contribution in [0.3, 0.4) is 0 Å². The summed E-state index contributed by atoms with van der Waals surface area (Å²) in [5.74, 6) is 0.428. The second kappa shape index (κ2) is 8.45. The third kappa shape index (κ3) is 4.36. The lowest BCUT2D eigenvalue weighted by atomic mass is 10.0. The molecule has 1 fully saturated rings. The van der Waals surface area contributed by atoms with Crippen LogP contribution in [0, 0.1) is 6.92 Å². The number of hydrogen-bond donors (Lipinski definition) is 2. The first-order valence-electron chi connectivity index (χ1n) is 9.49. The molecule has 2 aromatic heterocycles. The maximum absolute atomic E-state index is 11.9. The number of rotatable bonds is 6. The Morgan fingerprint density at radius 3 is 2.68 bits per heavy atom. The fourth-order valence-electron chi connectivity index (χ4n) is 3.71. The predicted molar refractivity (Wildman–Crippen MR) is 128 cm³/mol.